The highest BCUT2D eigenvalue weighted by Gasteiger charge is 2.11. The van der Waals surface area contributed by atoms with E-state index in [1.807, 2.05) is 18.2 Å². The van der Waals surface area contributed by atoms with Gasteiger partial charge >= 0.3 is 0 Å². The standard InChI is InChI=1S/C20H20O/c1-14-10-11-18(12-15(14)2)20(21)13-17-8-5-7-16-6-3-4-9-19(16)17/h3-12,20-21H,13H2,1-2H3. The van der Waals surface area contributed by atoms with Crippen LogP contribution in [0.15, 0.2) is 60.7 Å². The molecule has 1 N–H and O–H groups in total. The van der Waals surface area contributed by atoms with Gasteiger partial charge in [0.1, 0.15) is 0 Å². The molecular formula is C20H20O. The average Bonchev–Trinajstić information content (AvgIpc) is 2.50. The summed E-state index contributed by atoms with van der Waals surface area (Å²) in [4.78, 5) is 0. The lowest BCUT2D eigenvalue weighted by Gasteiger charge is -2.14. The number of aryl methyl sites for hydroxylation is 2. The first-order valence-corrected chi connectivity index (χ1v) is 7.37. The number of benzene rings is 3. The molecule has 0 radical (unpaired) electrons. The fourth-order valence-corrected chi connectivity index (χ4v) is 2.77. The summed E-state index contributed by atoms with van der Waals surface area (Å²) in [6, 6.07) is 20.8. The maximum absolute atomic E-state index is 10.5. The fourth-order valence-electron chi connectivity index (χ4n) is 2.77. The zero-order chi connectivity index (χ0) is 14.8. The average molecular weight is 276 g/mol. The van der Waals surface area contributed by atoms with Gasteiger partial charge in [0.2, 0.25) is 0 Å². The molecule has 3 aromatic carbocycles. The molecule has 0 saturated heterocycles. The third-order valence-electron chi connectivity index (χ3n) is 4.21. The van der Waals surface area contributed by atoms with Crippen LogP contribution in [0.2, 0.25) is 0 Å². The fraction of sp³-hybridized carbons (Fsp3) is 0.200. The van der Waals surface area contributed by atoms with E-state index in [-0.39, 0.29) is 0 Å². The topological polar surface area (TPSA) is 20.2 Å². The van der Waals surface area contributed by atoms with Crippen molar-refractivity contribution in [2.45, 2.75) is 26.4 Å². The number of hydrogen-bond donors (Lipinski definition) is 1. The van der Waals surface area contributed by atoms with E-state index in [1.165, 1.54) is 27.5 Å². The third-order valence-corrected chi connectivity index (χ3v) is 4.21. The number of aliphatic hydroxyl groups is 1. The van der Waals surface area contributed by atoms with Gasteiger partial charge in [0.25, 0.3) is 0 Å². The Bertz CT molecular complexity index is 768. The van der Waals surface area contributed by atoms with Crippen LogP contribution in [0.4, 0.5) is 0 Å². The van der Waals surface area contributed by atoms with Gasteiger partial charge in [-0.05, 0) is 46.9 Å². The molecule has 21 heavy (non-hydrogen) atoms. The normalized spacial score (nSPS) is 12.5. The van der Waals surface area contributed by atoms with Gasteiger partial charge in [-0.2, -0.15) is 0 Å². The van der Waals surface area contributed by atoms with Crippen molar-refractivity contribution in [2.75, 3.05) is 0 Å². The molecule has 3 rings (SSSR count). The van der Waals surface area contributed by atoms with Crippen LogP contribution in [-0.2, 0) is 6.42 Å². The molecule has 0 saturated carbocycles. The first-order chi connectivity index (χ1) is 10.1. The molecular weight excluding hydrogens is 256 g/mol. The first kappa shape index (κ1) is 13.8. The van der Waals surface area contributed by atoms with Gasteiger partial charge in [0.15, 0.2) is 0 Å². The van der Waals surface area contributed by atoms with Gasteiger partial charge in [-0.3, -0.25) is 0 Å². The van der Waals surface area contributed by atoms with Crippen molar-refractivity contribution in [1.29, 1.82) is 0 Å². The Morgan fingerprint density at radius 1 is 0.857 bits per heavy atom. The van der Waals surface area contributed by atoms with E-state index in [0.29, 0.717) is 6.42 Å². The van der Waals surface area contributed by atoms with Crippen LogP contribution in [0.1, 0.15) is 28.4 Å². The summed E-state index contributed by atoms with van der Waals surface area (Å²) in [5, 5.41) is 13.0. The predicted octanol–water partition coefficient (Wildman–Crippen LogP) is 4.73. The zero-order valence-corrected chi connectivity index (χ0v) is 12.5. The Morgan fingerprint density at radius 3 is 2.43 bits per heavy atom. The summed E-state index contributed by atoms with van der Waals surface area (Å²) in [7, 11) is 0. The van der Waals surface area contributed by atoms with Crippen molar-refractivity contribution in [2.24, 2.45) is 0 Å². The lowest BCUT2D eigenvalue weighted by Crippen LogP contribution is -2.03. The highest BCUT2D eigenvalue weighted by molar-refractivity contribution is 5.85. The lowest BCUT2D eigenvalue weighted by atomic mass is 9.95. The van der Waals surface area contributed by atoms with Gasteiger partial charge in [-0.15, -0.1) is 0 Å². The van der Waals surface area contributed by atoms with E-state index < -0.39 is 6.10 Å². The SMILES string of the molecule is Cc1ccc(C(O)Cc2cccc3ccccc23)cc1C. The van der Waals surface area contributed by atoms with Crippen molar-refractivity contribution in [3.63, 3.8) is 0 Å². The van der Waals surface area contributed by atoms with Gasteiger partial charge < -0.3 is 5.11 Å². The molecule has 1 heteroatoms. The van der Waals surface area contributed by atoms with Crippen LogP contribution < -0.4 is 0 Å². The largest absolute Gasteiger partial charge is 0.388 e. The Morgan fingerprint density at radius 2 is 1.62 bits per heavy atom. The summed E-state index contributed by atoms with van der Waals surface area (Å²) >= 11 is 0. The summed E-state index contributed by atoms with van der Waals surface area (Å²) < 4.78 is 0. The maximum atomic E-state index is 10.5. The molecule has 0 fully saturated rings. The van der Waals surface area contributed by atoms with Crippen LogP contribution in [-0.4, -0.2) is 5.11 Å². The minimum Gasteiger partial charge on any atom is -0.388 e. The molecule has 0 spiro atoms. The summed E-state index contributed by atoms with van der Waals surface area (Å²) in [6.07, 6.45) is 0.180. The van der Waals surface area contributed by atoms with Crippen LogP contribution in [0.25, 0.3) is 10.8 Å². The minimum atomic E-state index is -0.463. The Labute approximate surface area is 125 Å². The smallest absolute Gasteiger partial charge is 0.0830 e. The van der Waals surface area contributed by atoms with Gasteiger partial charge in [0.05, 0.1) is 6.10 Å². The van der Waals surface area contributed by atoms with Crippen LogP contribution in [0.3, 0.4) is 0 Å². The minimum absolute atomic E-state index is 0.463. The molecule has 0 heterocycles. The quantitative estimate of drug-likeness (QED) is 0.733. The molecule has 1 nitrogen and oxygen atoms in total. The highest BCUT2D eigenvalue weighted by Crippen LogP contribution is 2.25. The molecule has 106 valence electrons. The molecule has 0 aliphatic heterocycles. The van der Waals surface area contributed by atoms with Gasteiger partial charge in [0, 0.05) is 6.42 Å². The molecule has 1 atom stereocenters. The Kier molecular flexibility index (Phi) is 3.76. The number of rotatable bonds is 3. The van der Waals surface area contributed by atoms with Crippen LogP contribution in [0, 0.1) is 13.8 Å². The molecule has 0 aromatic heterocycles. The van der Waals surface area contributed by atoms with Crippen molar-refractivity contribution in [3.05, 3.63) is 82.9 Å². The van der Waals surface area contributed by atoms with E-state index in [4.69, 9.17) is 0 Å². The summed E-state index contributed by atoms with van der Waals surface area (Å²) in [5.74, 6) is 0. The van der Waals surface area contributed by atoms with E-state index in [1.54, 1.807) is 0 Å². The van der Waals surface area contributed by atoms with E-state index in [0.717, 1.165) is 5.56 Å². The Hall–Kier alpha value is -2.12. The molecule has 3 aromatic rings. The van der Waals surface area contributed by atoms with Crippen molar-refractivity contribution in [3.8, 4) is 0 Å². The predicted molar refractivity (Wildman–Crippen MR) is 88.5 cm³/mol. The van der Waals surface area contributed by atoms with Crippen molar-refractivity contribution >= 4 is 10.8 Å². The monoisotopic (exact) mass is 276 g/mol. The van der Waals surface area contributed by atoms with Crippen LogP contribution >= 0.6 is 0 Å². The van der Waals surface area contributed by atoms with Crippen molar-refractivity contribution < 1.29 is 5.11 Å². The second kappa shape index (κ2) is 5.71. The molecule has 0 amide bonds. The summed E-state index contributed by atoms with van der Waals surface area (Å²) in [6.45, 7) is 4.18. The summed E-state index contributed by atoms with van der Waals surface area (Å²) in [5.41, 5.74) is 4.67. The lowest BCUT2D eigenvalue weighted by molar-refractivity contribution is 0.179. The number of fused-ring (bicyclic) bond motifs is 1. The first-order valence-electron chi connectivity index (χ1n) is 7.37. The Balaban J connectivity index is 1.92. The zero-order valence-electron chi connectivity index (χ0n) is 12.5. The van der Waals surface area contributed by atoms with Gasteiger partial charge in [-0.1, -0.05) is 60.7 Å². The molecule has 1 unspecified atom stereocenters. The van der Waals surface area contributed by atoms with Crippen LogP contribution in [0.5, 0.6) is 0 Å². The second-order valence-electron chi connectivity index (χ2n) is 5.70. The van der Waals surface area contributed by atoms with E-state index >= 15 is 0 Å². The number of aliphatic hydroxyl groups excluding tert-OH is 1. The van der Waals surface area contributed by atoms with Gasteiger partial charge in [-0.25, -0.2) is 0 Å². The van der Waals surface area contributed by atoms with E-state index in [2.05, 4.69) is 56.3 Å². The maximum Gasteiger partial charge on any atom is 0.0830 e. The number of hydrogen-bond acceptors (Lipinski definition) is 1. The van der Waals surface area contributed by atoms with Crippen molar-refractivity contribution in [1.82, 2.24) is 0 Å². The second-order valence-corrected chi connectivity index (χ2v) is 5.70. The molecule has 0 aliphatic carbocycles. The van der Waals surface area contributed by atoms with E-state index in [9.17, 15) is 5.11 Å². The highest BCUT2D eigenvalue weighted by atomic mass is 16.3. The molecule has 0 bridgehead atoms. The third kappa shape index (κ3) is 2.84. The molecule has 0 aliphatic rings.